The number of ether oxygens (including phenoxy) is 1. The highest BCUT2D eigenvalue weighted by Crippen LogP contribution is 2.32. The maximum absolute atomic E-state index is 14.1. The smallest absolute Gasteiger partial charge is 0.410 e. The Labute approximate surface area is 292 Å². The van der Waals surface area contributed by atoms with E-state index < -0.39 is 23.7 Å². The minimum atomic E-state index is -0.859. The third-order valence-corrected chi connectivity index (χ3v) is 9.96. The topological polar surface area (TPSA) is 141 Å². The molecule has 12 nitrogen and oxygen atoms in total. The van der Waals surface area contributed by atoms with E-state index in [0.717, 1.165) is 21.7 Å². The van der Waals surface area contributed by atoms with Crippen LogP contribution in [0.15, 0.2) is 45.9 Å². The van der Waals surface area contributed by atoms with Crippen LogP contribution in [-0.4, -0.2) is 92.4 Å². The number of carbonyl (C=O) groups is 3. The number of rotatable bonds is 7. The molecule has 2 aliphatic rings. The highest BCUT2D eigenvalue weighted by Gasteiger charge is 2.42. The van der Waals surface area contributed by atoms with Crippen molar-refractivity contribution in [3.8, 4) is 10.4 Å². The van der Waals surface area contributed by atoms with E-state index in [-0.39, 0.29) is 48.9 Å². The third-order valence-electron chi connectivity index (χ3n) is 8.99. The van der Waals surface area contributed by atoms with Crippen LogP contribution in [0.5, 0.6) is 0 Å². The van der Waals surface area contributed by atoms with Crippen LogP contribution in [0.2, 0.25) is 0 Å². The lowest BCUT2D eigenvalue weighted by Gasteiger charge is -2.44. The van der Waals surface area contributed by atoms with Gasteiger partial charge in [-0.2, -0.15) is 0 Å². The highest BCUT2D eigenvalue weighted by atomic mass is 32.1. The zero-order valence-electron chi connectivity index (χ0n) is 29.8. The summed E-state index contributed by atoms with van der Waals surface area (Å²) in [6.07, 6.45) is -1.07. The summed E-state index contributed by atoms with van der Waals surface area (Å²) >= 11 is 1.59. The number of aryl methyl sites for hydroxylation is 1. The molecule has 4 heterocycles. The number of anilines is 1. The second-order valence-electron chi connectivity index (χ2n) is 14.4. The van der Waals surface area contributed by atoms with Gasteiger partial charge in [-0.25, -0.2) is 9.78 Å². The number of piperazine rings is 1. The molecule has 2 saturated heterocycles. The number of carbonyl (C=O) groups excluding carboxylic acids is 3. The van der Waals surface area contributed by atoms with Gasteiger partial charge in [0.2, 0.25) is 5.91 Å². The first-order valence-corrected chi connectivity index (χ1v) is 17.6. The van der Waals surface area contributed by atoms with Gasteiger partial charge in [0.1, 0.15) is 11.6 Å². The molecule has 264 valence electrons. The van der Waals surface area contributed by atoms with Crippen LogP contribution in [0.1, 0.15) is 84.9 Å². The Kier molecular flexibility index (Phi) is 10.5. The van der Waals surface area contributed by atoms with Crippen LogP contribution in [0, 0.1) is 6.92 Å². The molecule has 2 fully saturated rings. The number of allylic oxidation sites excluding steroid dienone is 1. The summed E-state index contributed by atoms with van der Waals surface area (Å²) in [5.74, 6) is 0.0785. The Balaban J connectivity index is 1.28. The number of likely N-dealkylation sites (tertiary alicyclic amines) is 1. The summed E-state index contributed by atoms with van der Waals surface area (Å²) in [5.41, 5.74) is 5.17. The summed E-state index contributed by atoms with van der Waals surface area (Å²) in [5, 5.41) is 18.0. The molecule has 0 bridgehead atoms. The molecule has 0 unspecified atom stereocenters. The summed E-state index contributed by atoms with van der Waals surface area (Å²) in [4.78, 5) is 51.2. The van der Waals surface area contributed by atoms with Gasteiger partial charge in [-0.1, -0.05) is 35.0 Å². The van der Waals surface area contributed by atoms with Crippen molar-refractivity contribution < 1.29 is 28.8 Å². The average molecular weight is 693 g/mol. The highest BCUT2D eigenvalue weighted by molar-refractivity contribution is 7.13. The standard InChI is InChI=1S/C36H48N6O6S/c1-20(2)31(29-15-30(39-48-29)40-16-22(4)41(17-21(40)3)35(46)47-36(7,8)9)34(45)42-18-27(43)14-28(42)33(44)38-23(5)25-10-12-26(13-11-25)32-24(6)37-19-49-32/h10-13,15,19,21-23,27-28,43H,14,16-18H2,1-9H3,(H,38,44)/t21-,22+,23-,27+,28-/m0/s1. The minimum absolute atomic E-state index is 0.0210. The van der Waals surface area contributed by atoms with Crippen molar-refractivity contribution in [3.05, 3.63) is 58.4 Å². The summed E-state index contributed by atoms with van der Waals surface area (Å²) in [6, 6.07) is 8.30. The molecule has 1 aromatic carbocycles. The lowest BCUT2D eigenvalue weighted by atomic mass is 10.0. The van der Waals surface area contributed by atoms with Crippen molar-refractivity contribution >= 4 is 40.6 Å². The number of hydrogen-bond donors (Lipinski definition) is 2. The molecule has 2 aromatic heterocycles. The van der Waals surface area contributed by atoms with Crippen LogP contribution in [0.3, 0.4) is 0 Å². The molecule has 0 saturated carbocycles. The number of aliphatic hydroxyl groups excluding tert-OH is 1. The maximum Gasteiger partial charge on any atom is 0.410 e. The SMILES string of the molecule is CC(C)=C(C(=O)N1C[C@H](O)C[C@H]1C(=O)N[C@@H](C)c1ccc(-c2scnc2C)cc1)c1cc(N2C[C@@H](C)N(C(=O)OC(C)(C)C)C[C@@H]2C)no1. The molecule has 3 aromatic rings. The van der Waals surface area contributed by atoms with Gasteiger partial charge in [-0.05, 0) is 73.4 Å². The lowest BCUT2D eigenvalue weighted by Crippen LogP contribution is -2.59. The maximum atomic E-state index is 14.1. The van der Waals surface area contributed by atoms with E-state index in [2.05, 4.69) is 15.5 Å². The van der Waals surface area contributed by atoms with Crippen molar-refractivity contribution in [1.82, 2.24) is 25.3 Å². The first-order chi connectivity index (χ1) is 23.0. The fraction of sp³-hybridized carbons (Fsp3) is 0.528. The summed E-state index contributed by atoms with van der Waals surface area (Å²) in [7, 11) is 0. The molecule has 3 amide bonds. The van der Waals surface area contributed by atoms with Crippen LogP contribution in [-0.2, 0) is 14.3 Å². The summed E-state index contributed by atoms with van der Waals surface area (Å²) in [6.45, 7) is 17.9. The number of β-amino-alcohol motifs (C(OH)–C–C–N with tert-alkyl or cyclic N) is 1. The van der Waals surface area contributed by atoms with Crippen LogP contribution < -0.4 is 10.2 Å². The zero-order chi connectivity index (χ0) is 35.8. The lowest BCUT2D eigenvalue weighted by molar-refractivity contribution is -0.135. The number of thiazole rings is 1. The largest absolute Gasteiger partial charge is 0.444 e. The number of nitrogens with zero attached hydrogens (tertiary/aromatic N) is 5. The first kappa shape index (κ1) is 36.1. The van der Waals surface area contributed by atoms with Crippen molar-refractivity contribution in [3.63, 3.8) is 0 Å². The predicted octanol–water partition coefficient (Wildman–Crippen LogP) is 5.57. The molecule has 2 aliphatic heterocycles. The number of amides is 3. The Morgan fingerprint density at radius 3 is 2.37 bits per heavy atom. The second kappa shape index (κ2) is 14.3. The molecule has 0 aliphatic carbocycles. The van der Waals surface area contributed by atoms with Gasteiger partial charge in [-0.3, -0.25) is 9.59 Å². The molecule has 13 heteroatoms. The normalized spacial score (nSPS) is 21.8. The molecular formula is C36H48N6O6S. The van der Waals surface area contributed by atoms with Crippen LogP contribution >= 0.6 is 11.3 Å². The molecule has 0 radical (unpaired) electrons. The second-order valence-corrected chi connectivity index (χ2v) is 15.2. The molecule has 49 heavy (non-hydrogen) atoms. The monoisotopic (exact) mass is 692 g/mol. The van der Waals surface area contributed by atoms with Crippen molar-refractivity contribution in [2.75, 3.05) is 24.5 Å². The first-order valence-electron chi connectivity index (χ1n) is 16.7. The van der Waals surface area contributed by atoms with E-state index in [4.69, 9.17) is 9.26 Å². The molecule has 5 rings (SSSR count). The Hall–Kier alpha value is -4.23. The Morgan fingerprint density at radius 1 is 1.06 bits per heavy atom. The molecule has 0 spiro atoms. The molecule has 5 atom stereocenters. The van der Waals surface area contributed by atoms with Gasteiger partial charge in [-0.15, -0.1) is 11.3 Å². The Bertz CT molecular complexity index is 1700. The fourth-order valence-corrected chi connectivity index (χ4v) is 7.24. The van der Waals surface area contributed by atoms with Gasteiger partial charge >= 0.3 is 6.09 Å². The molecule has 2 N–H and O–H groups in total. The Morgan fingerprint density at radius 2 is 1.76 bits per heavy atom. The zero-order valence-corrected chi connectivity index (χ0v) is 30.6. The number of aromatic nitrogens is 2. The van der Waals surface area contributed by atoms with Crippen molar-refractivity contribution in [2.45, 2.75) is 105 Å². The van der Waals surface area contributed by atoms with E-state index in [1.807, 2.05) is 83.1 Å². The van der Waals surface area contributed by atoms with E-state index in [9.17, 15) is 19.5 Å². The quantitative estimate of drug-likeness (QED) is 0.304. The number of hydrogen-bond acceptors (Lipinski definition) is 10. The van der Waals surface area contributed by atoms with E-state index >= 15 is 0 Å². The predicted molar refractivity (Wildman–Crippen MR) is 189 cm³/mol. The summed E-state index contributed by atoms with van der Waals surface area (Å²) < 4.78 is 11.4. The average Bonchev–Trinajstić information content (AvgIpc) is 3.77. The minimum Gasteiger partial charge on any atom is -0.444 e. The van der Waals surface area contributed by atoms with Gasteiger partial charge < -0.3 is 34.4 Å². The number of nitrogens with one attached hydrogen (secondary N) is 1. The van der Waals surface area contributed by atoms with Crippen LogP contribution in [0.25, 0.3) is 16.0 Å². The van der Waals surface area contributed by atoms with Crippen molar-refractivity contribution in [2.24, 2.45) is 0 Å². The third kappa shape index (κ3) is 7.99. The van der Waals surface area contributed by atoms with Gasteiger partial charge in [0.25, 0.3) is 5.91 Å². The number of benzene rings is 1. The van der Waals surface area contributed by atoms with Gasteiger partial charge in [0, 0.05) is 44.2 Å². The van der Waals surface area contributed by atoms with E-state index in [0.29, 0.717) is 30.1 Å². The van der Waals surface area contributed by atoms with Gasteiger partial charge in [0.05, 0.1) is 33.8 Å². The molecular weight excluding hydrogens is 644 g/mol. The van der Waals surface area contributed by atoms with Crippen LogP contribution in [0.4, 0.5) is 10.6 Å². The number of aliphatic hydroxyl groups is 1. The van der Waals surface area contributed by atoms with E-state index in [1.165, 1.54) is 4.90 Å². The van der Waals surface area contributed by atoms with Gasteiger partial charge in [0.15, 0.2) is 11.6 Å². The fourth-order valence-electron chi connectivity index (χ4n) is 6.43. The van der Waals surface area contributed by atoms with Crippen molar-refractivity contribution in [1.29, 1.82) is 0 Å². The van der Waals surface area contributed by atoms with E-state index in [1.54, 1.807) is 36.2 Å².